The molecule has 2 N–H and O–H groups in total. The number of nitrogens with one attached hydrogen (secondary N) is 2. The summed E-state index contributed by atoms with van der Waals surface area (Å²) in [6.45, 7) is 0. The first-order valence-electron chi connectivity index (χ1n) is 10.0. The average molecular weight is 435 g/mol. The molecule has 4 aromatic rings. The molecule has 0 unspecified atom stereocenters. The Morgan fingerprint density at radius 2 is 1.63 bits per heavy atom. The van der Waals surface area contributed by atoms with Crippen molar-refractivity contribution in [2.24, 2.45) is 0 Å². The summed E-state index contributed by atoms with van der Waals surface area (Å²) in [5.74, 6) is 0.149. The van der Waals surface area contributed by atoms with E-state index in [2.05, 4.69) is 22.4 Å². The van der Waals surface area contributed by atoms with Crippen molar-refractivity contribution in [1.29, 1.82) is 0 Å². The quantitative estimate of drug-likeness (QED) is 0.362. The lowest BCUT2D eigenvalue weighted by molar-refractivity contribution is 0.0928. The lowest BCUT2D eigenvalue weighted by atomic mass is 9.76. The molecule has 0 saturated heterocycles. The van der Waals surface area contributed by atoms with E-state index in [1.165, 1.54) is 5.56 Å². The van der Waals surface area contributed by atoms with Crippen LogP contribution < -0.4 is 5.32 Å². The number of halogens is 2. The highest BCUT2D eigenvalue weighted by molar-refractivity contribution is 6.42. The van der Waals surface area contributed by atoms with Gasteiger partial charge in [-0.1, -0.05) is 71.7 Å². The van der Waals surface area contributed by atoms with Crippen molar-refractivity contribution in [3.63, 3.8) is 0 Å². The summed E-state index contributed by atoms with van der Waals surface area (Å²) in [5.41, 5.74) is 5.08. The van der Waals surface area contributed by atoms with Crippen LogP contribution in [0.1, 0.15) is 52.0 Å². The van der Waals surface area contributed by atoms with E-state index < -0.39 is 0 Å². The second-order valence-corrected chi connectivity index (χ2v) is 8.54. The molecular weight excluding hydrogens is 415 g/mol. The van der Waals surface area contributed by atoms with Crippen LogP contribution >= 0.6 is 23.2 Å². The lowest BCUT2D eigenvalue weighted by Crippen LogP contribution is -2.32. The van der Waals surface area contributed by atoms with E-state index >= 15 is 0 Å². The van der Waals surface area contributed by atoms with E-state index in [-0.39, 0.29) is 17.9 Å². The normalized spacial score (nSPS) is 18.2. The van der Waals surface area contributed by atoms with Crippen molar-refractivity contribution < 1.29 is 4.79 Å². The number of hydrogen-bond donors (Lipinski definition) is 2. The number of amides is 1. The summed E-state index contributed by atoms with van der Waals surface area (Å²) in [6.07, 6.45) is 1.78. The molecule has 1 heterocycles. The van der Waals surface area contributed by atoms with E-state index in [1.54, 1.807) is 0 Å². The number of H-pyrrole nitrogens is 1. The fourth-order valence-corrected chi connectivity index (χ4v) is 4.75. The first-order valence-corrected chi connectivity index (χ1v) is 10.8. The van der Waals surface area contributed by atoms with Gasteiger partial charge >= 0.3 is 0 Å². The molecule has 1 aliphatic rings. The van der Waals surface area contributed by atoms with Gasteiger partial charge in [0.05, 0.1) is 16.1 Å². The predicted molar refractivity (Wildman–Crippen MR) is 122 cm³/mol. The summed E-state index contributed by atoms with van der Waals surface area (Å²) < 4.78 is 0. The van der Waals surface area contributed by atoms with Gasteiger partial charge in [0.25, 0.3) is 5.91 Å². The third-order valence-corrected chi connectivity index (χ3v) is 6.66. The molecule has 0 aliphatic heterocycles. The zero-order valence-electron chi connectivity index (χ0n) is 16.2. The van der Waals surface area contributed by atoms with Crippen LogP contribution in [0.5, 0.6) is 0 Å². The Hall–Kier alpha value is -2.75. The number of aromatic amines is 1. The minimum absolute atomic E-state index is 0.0286. The highest BCUT2D eigenvalue weighted by Crippen LogP contribution is 2.42. The van der Waals surface area contributed by atoms with Crippen LogP contribution in [-0.2, 0) is 0 Å². The second kappa shape index (κ2) is 7.82. The Kier molecular flexibility index (Phi) is 5.01. The van der Waals surface area contributed by atoms with Gasteiger partial charge in [-0.05, 0) is 53.8 Å². The molecule has 3 nitrogen and oxygen atoms in total. The average Bonchev–Trinajstić information content (AvgIpc) is 3.20. The number of benzene rings is 3. The molecule has 0 fully saturated rings. The molecule has 2 atom stereocenters. The van der Waals surface area contributed by atoms with Crippen LogP contribution in [0.2, 0.25) is 10.0 Å². The topological polar surface area (TPSA) is 44.9 Å². The molecule has 5 rings (SSSR count). The van der Waals surface area contributed by atoms with E-state index in [1.807, 2.05) is 60.7 Å². The molecular formula is C25H20Cl2N2O. The lowest BCUT2D eigenvalue weighted by Gasteiger charge is -2.32. The van der Waals surface area contributed by atoms with Crippen LogP contribution in [0.25, 0.3) is 10.9 Å². The van der Waals surface area contributed by atoms with Gasteiger partial charge in [0.15, 0.2) is 0 Å². The monoisotopic (exact) mass is 434 g/mol. The SMILES string of the molecule is O=C(N[C@@H]1CC[C@@H](c2ccc(Cl)c(Cl)c2)c2ccccc21)c1cc2ccccc2[nH]1. The number of carbonyl (C=O) groups excluding carboxylic acids is 1. The number of fused-ring (bicyclic) bond motifs is 2. The molecule has 0 saturated carbocycles. The van der Waals surface area contributed by atoms with Gasteiger partial charge in [-0.3, -0.25) is 4.79 Å². The van der Waals surface area contributed by atoms with Crippen LogP contribution in [0.3, 0.4) is 0 Å². The van der Waals surface area contributed by atoms with Gasteiger partial charge in [-0.25, -0.2) is 0 Å². The summed E-state index contributed by atoms with van der Waals surface area (Å²) in [7, 11) is 0. The van der Waals surface area contributed by atoms with Crippen molar-refractivity contribution in [1.82, 2.24) is 10.3 Å². The van der Waals surface area contributed by atoms with Gasteiger partial charge in [0.2, 0.25) is 0 Å². The van der Waals surface area contributed by atoms with E-state index in [0.29, 0.717) is 15.7 Å². The van der Waals surface area contributed by atoms with Crippen molar-refractivity contribution in [2.45, 2.75) is 24.8 Å². The maximum Gasteiger partial charge on any atom is 0.268 e. The maximum atomic E-state index is 13.0. The van der Waals surface area contributed by atoms with Crippen LogP contribution in [-0.4, -0.2) is 10.9 Å². The summed E-state index contributed by atoms with van der Waals surface area (Å²) in [5, 5.41) is 5.39. The maximum absolute atomic E-state index is 13.0. The molecule has 30 heavy (non-hydrogen) atoms. The van der Waals surface area contributed by atoms with Gasteiger partial charge < -0.3 is 10.3 Å². The fourth-order valence-electron chi connectivity index (χ4n) is 4.45. The van der Waals surface area contributed by atoms with Gasteiger partial charge in [-0.15, -0.1) is 0 Å². The summed E-state index contributed by atoms with van der Waals surface area (Å²) >= 11 is 12.4. The number of carbonyl (C=O) groups is 1. The molecule has 0 radical (unpaired) electrons. The summed E-state index contributed by atoms with van der Waals surface area (Å²) in [6, 6.07) is 23.9. The largest absolute Gasteiger partial charge is 0.351 e. The minimum atomic E-state index is -0.0843. The highest BCUT2D eigenvalue weighted by Gasteiger charge is 2.29. The van der Waals surface area contributed by atoms with Crippen molar-refractivity contribution in [3.05, 3.63) is 105 Å². The number of aromatic nitrogens is 1. The molecule has 1 amide bonds. The first kappa shape index (κ1) is 19.2. The smallest absolute Gasteiger partial charge is 0.268 e. The molecule has 0 spiro atoms. The van der Waals surface area contributed by atoms with E-state index in [9.17, 15) is 4.79 Å². The Labute approximate surface area is 185 Å². The Balaban J connectivity index is 1.43. The standard InChI is InChI=1S/C25H20Cl2N2O/c26-20-11-9-15(13-21(20)27)17-10-12-23(19-7-3-2-6-18(17)19)29-25(30)24-14-16-5-1-4-8-22(16)28-24/h1-9,11,13-14,17,23,28H,10,12H2,(H,29,30)/t17-,23+/m0/s1. The summed E-state index contributed by atoms with van der Waals surface area (Å²) in [4.78, 5) is 16.2. The first-order chi connectivity index (χ1) is 14.6. The Morgan fingerprint density at radius 3 is 2.43 bits per heavy atom. The van der Waals surface area contributed by atoms with Crippen molar-refractivity contribution in [3.8, 4) is 0 Å². The number of para-hydroxylation sites is 1. The van der Waals surface area contributed by atoms with Crippen LogP contribution in [0.15, 0.2) is 72.8 Å². The number of hydrogen-bond acceptors (Lipinski definition) is 1. The molecule has 1 aliphatic carbocycles. The molecule has 150 valence electrons. The van der Waals surface area contributed by atoms with Crippen molar-refractivity contribution in [2.75, 3.05) is 0 Å². The third-order valence-electron chi connectivity index (χ3n) is 5.92. The van der Waals surface area contributed by atoms with Gasteiger partial charge in [-0.2, -0.15) is 0 Å². The second-order valence-electron chi connectivity index (χ2n) is 7.73. The Morgan fingerprint density at radius 1 is 0.867 bits per heavy atom. The van der Waals surface area contributed by atoms with E-state index in [4.69, 9.17) is 23.2 Å². The van der Waals surface area contributed by atoms with Gasteiger partial charge in [0.1, 0.15) is 5.69 Å². The predicted octanol–water partition coefficient (Wildman–Crippen LogP) is 6.87. The van der Waals surface area contributed by atoms with Crippen LogP contribution in [0.4, 0.5) is 0 Å². The Bertz CT molecular complexity index is 1210. The zero-order valence-corrected chi connectivity index (χ0v) is 17.7. The van der Waals surface area contributed by atoms with Crippen LogP contribution in [0, 0.1) is 0 Å². The fraction of sp³-hybridized carbons (Fsp3) is 0.160. The molecule has 5 heteroatoms. The number of rotatable bonds is 3. The minimum Gasteiger partial charge on any atom is -0.351 e. The van der Waals surface area contributed by atoms with E-state index in [0.717, 1.165) is 34.9 Å². The molecule has 0 bridgehead atoms. The van der Waals surface area contributed by atoms with Crippen molar-refractivity contribution >= 4 is 40.0 Å². The van der Waals surface area contributed by atoms with Gasteiger partial charge in [0, 0.05) is 16.8 Å². The third kappa shape index (κ3) is 3.49. The molecule has 3 aromatic carbocycles. The highest BCUT2D eigenvalue weighted by atomic mass is 35.5. The molecule has 1 aromatic heterocycles. The zero-order chi connectivity index (χ0) is 20.7.